The van der Waals surface area contributed by atoms with E-state index in [4.69, 9.17) is 0 Å². The summed E-state index contributed by atoms with van der Waals surface area (Å²) in [5.41, 5.74) is 4.06. The average molecular weight is 318 g/mol. The van der Waals surface area contributed by atoms with Gasteiger partial charge in [-0.25, -0.2) is 0 Å². The van der Waals surface area contributed by atoms with Gasteiger partial charge in [0.15, 0.2) is 0 Å². The van der Waals surface area contributed by atoms with Crippen molar-refractivity contribution in [3.63, 3.8) is 0 Å². The van der Waals surface area contributed by atoms with Crippen LogP contribution >= 0.6 is 15.9 Å². The Morgan fingerprint density at radius 1 is 1.11 bits per heavy atom. The lowest BCUT2D eigenvalue weighted by Crippen LogP contribution is -2.21. The van der Waals surface area contributed by atoms with Gasteiger partial charge in [0.25, 0.3) is 0 Å². The first-order valence-electron chi connectivity index (χ1n) is 6.69. The molecule has 0 aliphatic heterocycles. The quantitative estimate of drug-likeness (QED) is 0.846. The third-order valence-electron chi connectivity index (χ3n) is 3.32. The van der Waals surface area contributed by atoms with Gasteiger partial charge in [-0.05, 0) is 50.1 Å². The number of hydrogen-bond donors (Lipinski definition) is 1. The first-order valence-corrected chi connectivity index (χ1v) is 7.49. The molecule has 0 amide bonds. The Labute approximate surface area is 124 Å². The Kier molecular flexibility index (Phi) is 5.17. The van der Waals surface area contributed by atoms with Crippen LogP contribution in [0.5, 0.6) is 0 Å². The van der Waals surface area contributed by atoms with Gasteiger partial charge in [0, 0.05) is 10.5 Å². The molecule has 1 atom stereocenters. The summed E-state index contributed by atoms with van der Waals surface area (Å²) in [4.78, 5) is 0. The summed E-state index contributed by atoms with van der Waals surface area (Å²) in [5, 5.41) is 3.57. The van der Waals surface area contributed by atoms with E-state index in [1.54, 1.807) is 0 Å². The molecule has 2 heteroatoms. The predicted molar refractivity (Wildman–Crippen MR) is 85.4 cm³/mol. The summed E-state index contributed by atoms with van der Waals surface area (Å²) in [7, 11) is 0. The zero-order chi connectivity index (χ0) is 13.7. The molecule has 0 heterocycles. The van der Waals surface area contributed by atoms with Crippen molar-refractivity contribution in [2.75, 3.05) is 6.54 Å². The molecule has 2 aromatic rings. The molecule has 0 fully saturated rings. The fraction of sp³-hybridized carbons (Fsp3) is 0.294. The van der Waals surface area contributed by atoms with Gasteiger partial charge in [-0.1, -0.05) is 57.9 Å². The van der Waals surface area contributed by atoms with Crippen LogP contribution in [0.15, 0.2) is 53.0 Å². The Balaban J connectivity index is 1.84. The van der Waals surface area contributed by atoms with Crippen LogP contribution in [0.3, 0.4) is 0 Å². The van der Waals surface area contributed by atoms with E-state index in [-0.39, 0.29) is 0 Å². The van der Waals surface area contributed by atoms with Crippen molar-refractivity contribution in [3.05, 3.63) is 69.7 Å². The number of aryl methyl sites for hydroxylation is 1. The highest BCUT2D eigenvalue weighted by molar-refractivity contribution is 9.10. The van der Waals surface area contributed by atoms with Crippen LogP contribution in [0.4, 0.5) is 0 Å². The normalized spacial score (nSPS) is 12.4. The van der Waals surface area contributed by atoms with Crippen molar-refractivity contribution in [3.8, 4) is 0 Å². The second-order valence-corrected chi connectivity index (χ2v) is 5.88. The molecule has 0 radical (unpaired) electrons. The second-order valence-electron chi connectivity index (χ2n) is 4.97. The maximum atomic E-state index is 3.57. The molecule has 0 saturated heterocycles. The Morgan fingerprint density at radius 3 is 2.53 bits per heavy atom. The standard InChI is InChI=1S/C17H20BrN/c1-13-4-3-5-15(12-13)10-11-19-14(2)16-6-8-17(18)9-7-16/h3-9,12,14,19H,10-11H2,1-2H3. The number of nitrogens with one attached hydrogen (secondary N) is 1. The predicted octanol–water partition coefficient (Wildman–Crippen LogP) is 4.65. The smallest absolute Gasteiger partial charge is 0.0291 e. The molecule has 1 nitrogen and oxygen atoms in total. The third-order valence-corrected chi connectivity index (χ3v) is 3.85. The highest BCUT2D eigenvalue weighted by Gasteiger charge is 2.04. The van der Waals surface area contributed by atoms with Crippen LogP contribution in [0.2, 0.25) is 0 Å². The van der Waals surface area contributed by atoms with Gasteiger partial charge in [-0.2, -0.15) is 0 Å². The van der Waals surface area contributed by atoms with Gasteiger partial charge in [0.2, 0.25) is 0 Å². The summed E-state index contributed by atoms with van der Waals surface area (Å²) in [6.45, 7) is 5.35. The van der Waals surface area contributed by atoms with Crippen LogP contribution in [0.1, 0.15) is 29.7 Å². The number of hydrogen-bond acceptors (Lipinski definition) is 1. The fourth-order valence-electron chi connectivity index (χ4n) is 2.17. The molecule has 1 unspecified atom stereocenters. The van der Waals surface area contributed by atoms with Crippen molar-refractivity contribution in [1.82, 2.24) is 5.32 Å². The molecule has 0 aliphatic rings. The van der Waals surface area contributed by atoms with E-state index < -0.39 is 0 Å². The lowest BCUT2D eigenvalue weighted by Gasteiger charge is -2.14. The molecule has 0 aliphatic carbocycles. The summed E-state index contributed by atoms with van der Waals surface area (Å²) in [5.74, 6) is 0. The Hall–Kier alpha value is -1.12. The summed E-state index contributed by atoms with van der Waals surface area (Å²) < 4.78 is 1.13. The van der Waals surface area contributed by atoms with E-state index in [1.807, 2.05) is 0 Å². The molecule has 19 heavy (non-hydrogen) atoms. The zero-order valence-electron chi connectivity index (χ0n) is 11.5. The molecule has 2 aromatic carbocycles. The number of halogens is 1. The van der Waals surface area contributed by atoms with Gasteiger partial charge in [0.1, 0.15) is 0 Å². The van der Waals surface area contributed by atoms with Crippen LogP contribution in [0, 0.1) is 6.92 Å². The van der Waals surface area contributed by atoms with Crippen molar-refractivity contribution in [1.29, 1.82) is 0 Å². The molecular weight excluding hydrogens is 298 g/mol. The van der Waals surface area contributed by atoms with E-state index >= 15 is 0 Å². The van der Waals surface area contributed by atoms with E-state index in [0.29, 0.717) is 6.04 Å². The highest BCUT2D eigenvalue weighted by atomic mass is 79.9. The van der Waals surface area contributed by atoms with E-state index in [9.17, 15) is 0 Å². The van der Waals surface area contributed by atoms with Crippen LogP contribution in [-0.4, -0.2) is 6.54 Å². The molecule has 0 spiro atoms. The van der Waals surface area contributed by atoms with E-state index in [0.717, 1.165) is 17.4 Å². The SMILES string of the molecule is Cc1cccc(CCNC(C)c2ccc(Br)cc2)c1. The topological polar surface area (TPSA) is 12.0 Å². The first-order chi connectivity index (χ1) is 9.15. The lowest BCUT2D eigenvalue weighted by atomic mass is 10.1. The largest absolute Gasteiger partial charge is 0.310 e. The van der Waals surface area contributed by atoms with E-state index in [1.165, 1.54) is 16.7 Å². The molecule has 0 bridgehead atoms. The van der Waals surface area contributed by atoms with Gasteiger partial charge in [-0.3, -0.25) is 0 Å². The Bertz CT molecular complexity index is 519. The highest BCUT2D eigenvalue weighted by Crippen LogP contribution is 2.16. The summed E-state index contributed by atoms with van der Waals surface area (Å²) >= 11 is 3.46. The number of benzene rings is 2. The molecular formula is C17H20BrN. The summed E-state index contributed by atoms with van der Waals surface area (Å²) in [6.07, 6.45) is 1.07. The zero-order valence-corrected chi connectivity index (χ0v) is 13.1. The minimum Gasteiger partial charge on any atom is -0.310 e. The van der Waals surface area contributed by atoms with Crippen molar-refractivity contribution in [2.24, 2.45) is 0 Å². The minimum atomic E-state index is 0.387. The van der Waals surface area contributed by atoms with Crippen LogP contribution in [-0.2, 0) is 6.42 Å². The monoisotopic (exact) mass is 317 g/mol. The maximum Gasteiger partial charge on any atom is 0.0291 e. The lowest BCUT2D eigenvalue weighted by molar-refractivity contribution is 0.577. The van der Waals surface area contributed by atoms with Crippen LogP contribution in [0.25, 0.3) is 0 Å². The van der Waals surface area contributed by atoms with Gasteiger partial charge >= 0.3 is 0 Å². The average Bonchev–Trinajstić information content (AvgIpc) is 2.39. The van der Waals surface area contributed by atoms with Crippen LogP contribution < -0.4 is 5.32 Å². The molecule has 1 N–H and O–H groups in total. The molecule has 0 saturated carbocycles. The number of rotatable bonds is 5. The molecule has 2 rings (SSSR count). The minimum absolute atomic E-state index is 0.387. The van der Waals surface area contributed by atoms with Gasteiger partial charge in [-0.15, -0.1) is 0 Å². The maximum absolute atomic E-state index is 3.57. The third kappa shape index (κ3) is 4.48. The first kappa shape index (κ1) is 14.3. The van der Waals surface area contributed by atoms with Gasteiger partial charge in [0.05, 0.1) is 0 Å². The molecule has 0 aromatic heterocycles. The van der Waals surface area contributed by atoms with Crippen molar-refractivity contribution >= 4 is 15.9 Å². The van der Waals surface area contributed by atoms with Crippen molar-refractivity contribution < 1.29 is 0 Å². The van der Waals surface area contributed by atoms with Crippen molar-refractivity contribution in [2.45, 2.75) is 26.3 Å². The van der Waals surface area contributed by atoms with E-state index in [2.05, 4.69) is 83.6 Å². The fourth-order valence-corrected chi connectivity index (χ4v) is 2.43. The summed E-state index contributed by atoms with van der Waals surface area (Å²) in [6, 6.07) is 17.6. The molecule has 100 valence electrons. The van der Waals surface area contributed by atoms with Gasteiger partial charge < -0.3 is 5.32 Å². The Morgan fingerprint density at radius 2 is 1.84 bits per heavy atom. The second kappa shape index (κ2) is 6.88.